The zero-order valence-electron chi connectivity index (χ0n) is 11.4. The molecule has 1 atom stereocenters. The molecule has 0 saturated carbocycles. The van der Waals surface area contributed by atoms with Gasteiger partial charge in [-0.3, -0.25) is 0 Å². The molecule has 3 heteroatoms. The van der Waals surface area contributed by atoms with Crippen molar-refractivity contribution in [3.63, 3.8) is 0 Å². The van der Waals surface area contributed by atoms with E-state index in [1.807, 2.05) is 18.2 Å². The quantitative estimate of drug-likeness (QED) is 0.702. The lowest BCUT2D eigenvalue weighted by Gasteiger charge is -2.15. The highest BCUT2D eigenvalue weighted by Crippen LogP contribution is 2.21. The molecule has 0 aromatic heterocycles. The van der Waals surface area contributed by atoms with Crippen molar-refractivity contribution in [1.29, 1.82) is 0 Å². The second-order valence-electron chi connectivity index (χ2n) is 4.78. The van der Waals surface area contributed by atoms with Crippen LogP contribution in [-0.2, 0) is 11.3 Å². The number of hydrogen-bond acceptors (Lipinski definition) is 2. The van der Waals surface area contributed by atoms with Gasteiger partial charge in [-0.25, -0.2) is 0 Å². The topological polar surface area (TPSA) is 35.2 Å². The zero-order valence-corrected chi connectivity index (χ0v) is 13.0. The van der Waals surface area contributed by atoms with Crippen LogP contribution in [0.4, 0.5) is 5.69 Å². The molecule has 2 nitrogen and oxygen atoms in total. The Bertz CT molecular complexity index is 354. The lowest BCUT2D eigenvalue weighted by molar-refractivity contribution is 0.0816. The molecule has 1 rings (SSSR count). The summed E-state index contributed by atoms with van der Waals surface area (Å²) in [5.74, 6) is 0.692. The van der Waals surface area contributed by atoms with E-state index in [2.05, 4.69) is 29.8 Å². The average Bonchev–Trinajstić information content (AvgIpc) is 2.36. The molecule has 0 aliphatic heterocycles. The Morgan fingerprint density at radius 1 is 1.33 bits per heavy atom. The van der Waals surface area contributed by atoms with Crippen molar-refractivity contribution in [2.24, 2.45) is 5.92 Å². The monoisotopic (exact) mass is 313 g/mol. The number of halogens is 1. The van der Waals surface area contributed by atoms with Crippen LogP contribution in [0.5, 0.6) is 0 Å². The fraction of sp³-hybridized carbons (Fsp3) is 0.600. The Morgan fingerprint density at radius 2 is 2.11 bits per heavy atom. The number of anilines is 1. The van der Waals surface area contributed by atoms with Crippen molar-refractivity contribution in [3.05, 3.63) is 28.2 Å². The van der Waals surface area contributed by atoms with Gasteiger partial charge in [-0.2, -0.15) is 0 Å². The lowest BCUT2D eigenvalue weighted by Crippen LogP contribution is -2.09. The molecule has 0 bridgehead atoms. The minimum atomic E-state index is 0.656. The van der Waals surface area contributed by atoms with Gasteiger partial charge >= 0.3 is 0 Å². The lowest BCUT2D eigenvalue weighted by atomic mass is 10.0. The Kier molecular flexibility index (Phi) is 7.36. The van der Waals surface area contributed by atoms with Gasteiger partial charge in [-0.1, -0.05) is 55.1 Å². The van der Waals surface area contributed by atoms with E-state index in [9.17, 15) is 0 Å². The third kappa shape index (κ3) is 5.40. The van der Waals surface area contributed by atoms with E-state index in [4.69, 9.17) is 10.5 Å². The highest BCUT2D eigenvalue weighted by atomic mass is 79.9. The predicted molar refractivity (Wildman–Crippen MR) is 81.5 cm³/mol. The number of rotatable bonds is 8. The summed E-state index contributed by atoms with van der Waals surface area (Å²) in [6.07, 6.45) is 5.03. The molecule has 0 amide bonds. The van der Waals surface area contributed by atoms with Gasteiger partial charge in [0.15, 0.2) is 0 Å². The third-order valence-electron chi connectivity index (χ3n) is 3.23. The van der Waals surface area contributed by atoms with E-state index in [0.717, 1.165) is 22.3 Å². The Hall–Kier alpha value is -0.540. The number of benzene rings is 1. The molecule has 1 aromatic carbocycles. The molecule has 0 aliphatic rings. The average molecular weight is 314 g/mol. The fourth-order valence-corrected chi connectivity index (χ4v) is 2.43. The van der Waals surface area contributed by atoms with Gasteiger partial charge in [-0.15, -0.1) is 0 Å². The Balaban J connectivity index is 2.35. The van der Waals surface area contributed by atoms with Crippen molar-refractivity contribution in [2.45, 2.75) is 46.1 Å². The van der Waals surface area contributed by atoms with Gasteiger partial charge in [0.25, 0.3) is 0 Å². The van der Waals surface area contributed by atoms with Crippen LogP contribution in [0.2, 0.25) is 0 Å². The van der Waals surface area contributed by atoms with Crippen LogP contribution in [0.1, 0.15) is 45.1 Å². The smallest absolute Gasteiger partial charge is 0.0727 e. The maximum atomic E-state index is 5.82. The Labute approximate surface area is 119 Å². The van der Waals surface area contributed by atoms with Gasteiger partial charge in [0.2, 0.25) is 0 Å². The fourth-order valence-electron chi connectivity index (χ4n) is 1.91. The summed E-state index contributed by atoms with van der Waals surface area (Å²) < 4.78 is 6.85. The van der Waals surface area contributed by atoms with Gasteiger partial charge in [-0.05, 0) is 30.0 Å². The number of unbranched alkanes of at least 4 members (excludes halogenated alkanes) is 1. The molecule has 0 aliphatic carbocycles. The molecule has 0 heterocycles. The van der Waals surface area contributed by atoms with E-state index >= 15 is 0 Å². The van der Waals surface area contributed by atoms with E-state index in [1.165, 1.54) is 25.7 Å². The molecule has 0 spiro atoms. The molecule has 1 unspecified atom stereocenters. The maximum absolute atomic E-state index is 5.82. The summed E-state index contributed by atoms with van der Waals surface area (Å²) in [7, 11) is 0. The molecule has 0 saturated heterocycles. The molecule has 18 heavy (non-hydrogen) atoms. The second kappa shape index (κ2) is 8.54. The van der Waals surface area contributed by atoms with Crippen molar-refractivity contribution in [2.75, 3.05) is 12.3 Å². The minimum absolute atomic E-state index is 0.656. The van der Waals surface area contributed by atoms with Crippen molar-refractivity contribution < 1.29 is 4.74 Å². The minimum Gasteiger partial charge on any atom is -0.399 e. The number of nitrogens with two attached hydrogens (primary N) is 1. The van der Waals surface area contributed by atoms with Crippen LogP contribution in [0.3, 0.4) is 0 Å². The summed E-state index contributed by atoms with van der Waals surface area (Å²) in [5, 5.41) is 0. The number of hydrogen-bond donors (Lipinski definition) is 1. The van der Waals surface area contributed by atoms with Gasteiger partial charge in [0.05, 0.1) is 6.61 Å². The maximum Gasteiger partial charge on any atom is 0.0727 e. The molecule has 102 valence electrons. The van der Waals surface area contributed by atoms with Gasteiger partial charge < -0.3 is 10.5 Å². The van der Waals surface area contributed by atoms with E-state index in [0.29, 0.717) is 12.5 Å². The van der Waals surface area contributed by atoms with Crippen LogP contribution in [0.15, 0.2) is 22.7 Å². The van der Waals surface area contributed by atoms with E-state index in [-0.39, 0.29) is 0 Å². The predicted octanol–water partition coefficient (Wildman–Crippen LogP) is 4.76. The summed E-state index contributed by atoms with van der Waals surface area (Å²) in [4.78, 5) is 0. The first-order valence-corrected chi connectivity index (χ1v) is 7.58. The van der Waals surface area contributed by atoms with Gasteiger partial charge in [0.1, 0.15) is 0 Å². The standard InChI is InChI=1S/C15H24BrNO/c1-3-5-6-12(4-2)10-18-11-13-7-8-14(17)9-15(13)16/h7-9,12H,3-6,10-11,17H2,1-2H3. The normalized spacial score (nSPS) is 12.6. The highest BCUT2D eigenvalue weighted by Gasteiger charge is 2.07. The summed E-state index contributed by atoms with van der Waals surface area (Å²) in [6.45, 7) is 5.98. The SMILES string of the molecule is CCCCC(CC)COCc1ccc(N)cc1Br. The zero-order chi connectivity index (χ0) is 13.4. The van der Waals surface area contributed by atoms with Gasteiger partial charge in [0, 0.05) is 16.8 Å². The second-order valence-corrected chi connectivity index (χ2v) is 5.64. The van der Waals surface area contributed by atoms with E-state index in [1.54, 1.807) is 0 Å². The van der Waals surface area contributed by atoms with Crippen molar-refractivity contribution in [3.8, 4) is 0 Å². The first-order valence-electron chi connectivity index (χ1n) is 6.79. The summed E-state index contributed by atoms with van der Waals surface area (Å²) >= 11 is 3.51. The van der Waals surface area contributed by atoms with Crippen molar-refractivity contribution >= 4 is 21.6 Å². The van der Waals surface area contributed by atoms with Crippen LogP contribution < -0.4 is 5.73 Å². The third-order valence-corrected chi connectivity index (χ3v) is 3.97. The summed E-state index contributed by atoms with van der Waals surface area (Å²) in [5.41, 5.74) is 7.65. The molecule has 1 aromatic rings. The summed E-state index contributed by atoms with van der Waals surface area (Å²) in [6, 6.07) is 5.86. The molecular formula is C15H24BrNO. The van der Waals surface area contributed by atoms with Crippen LogP contribution >= 0.6 is 15.9 Å². The van der Waals surface area contributed by atoms with Crippen LogP contribution in [0.25, 0.3) is 0 Å². The van der Waals surface area contributed by atoms with Crippen molar-refractivity contribution in [1.82, 2.24) is 0 Å². The molecule has 0 radical (unpaired) electrons. The molecule has 2 N–H and O–H groups in total. The van der Waals surface area contributed by atoms with Crippen LogP contribution in [-0.4, -0.2) is 6.61 Å². The molecule has 0 fully saturated rings. The number of ether oxygens (including phenoxy) is 1. The first-order chi connectivity index (χ1) is 8.67. The highest BCUT2D eigenvalue weighted by molar-refractivity contribution is 9.10. The first kappa shape index (κ1) is 15.5. The Morgan fingerprint density at radius 3 is 2.72 bits per heavy atom. The van der Waals surface area contributed by atoms with E-state index < -0.39 is 0 Å². The number of nitrogen functional groups attached to an aromatic ring is 1. The van der Waals surface area contributed by atoms with Crippen LogP contribution in [0, 0.1) is 5.92 Å². The largest absolute Gasteiger partial charge is 0.399 e. The molecular weight excluding hydrogens is 290 g/mol.